The highest BCUT2D eigenvalue weighted by Gasteiger charge is 2.09. The number of nitrogens with one attached hydrogen (secondary N) is 1. The largest absolute Gasteiger partial charge is 0.380 e. The van der Waals surface area contributed by atoms with Gasteiger partial charge in [-0.25, -0.2) is 0 Å². The third-order valence-electron chi connectivity index (χ3n) is 3.18. The Morgan fingerprint density at radius 2 is 1.89 bits per heavy atom. The Balaban J connectivity index is 1.90. The van der Waals surface area contributed by atoms with Crippen molar-refractivity contribution in [3.05, 3.63) is 57.8 Å². The van der Waals surface area contributed by atoms with E-state index in [0.717, 1.165) is 13.0 Å². The van der Waals surface area contributed by atoms with E-state index in [9.17, 15) is 0 Å². The lowest BCUT2D eigenvalue weighted by atomic mass is 10.1. The van der Waals surface area contributed by atoms with Crippen LogP contribution in [0.2, 0.25) is 0 Å². The molecule has 19 heavy (non-hydrogen) atoms. The molecule has 1 N–H and O–H groups in total. The van der Waals surface area contributed by atoms with E-state index in [1.54, 1.807) is 7.11 Å². The van der Waals surface area contributed by atoms with Crippen molar-refractivity contribution in [3.8, 4) is 0 Å². The number of thiophene rings is 1. The monoisotopic (exact) mass is 275 g/mol. The van der Waals surface area contributed by atoms with Crippen LogP contribution >= 0.6 is 11.3 Å². The van der Waals surface area contributed by atoms with Crippen LogP contribution in [0.5, 0.6) is 0 Å². The Bertz CT molecular complexity index is 464. The lowest BCUT2D eigenvalue weighted by Crippen LogP contribution is -2.19. The fourth-order valence-corrected chi connectivity index (χ4v) is 2.98. The summed E-state index contributed by atoms with van der Waals surface area (Å²) in [5.74, 6) is 0. The first-order valence-electron chi connectivity index (χ1n) is 6.67. The Kier molecular flexibility index (Phi) is 5.58. The fourth-order valence-electron chi connectivity index (χ4n) is 2.10. The Labute approximate surface area is 119 Å². The van der Waals surface area contributed by atoms with E-state index in [-0.39, 0.29) is 0 Å². The van der Waals surface area contributed by atoms with Gasteiger partial charge in [0.05, 0.1) is 6.61 Å². The van der Waals surface area contributed by atoms with Crippen LogP contribution in [0, 0.1) is 0 Å². The lowest BCUT2D eigenvalue weighted by molar-refractivity contribution is 0.185. The van der Waals surface area contributed by atoms with Crippen LogP contribution in [-0.2, 0) is 17.9 Å². The van der Waals surface area contributed by atoms with E-state index in [1.165, 1.54) is 16.0 Å². The zero-order valence-corrected chi connectivity index (χ0v) is 12.4. The van der Waals surface area contributed by atoms with Crippen molar-refractivity contribution in [1.82, 2.24) is 5.32 Å². The molecule has 0 amide bonds. The number of benzene rings is 1. The van der Waals surface area contributed by atoms with Gasteiger partial charge in [0.2, 0.25) is 0 Å². The normalized spacial score (nSPS) is 12.5. The topological polar surface area (TPSA) is 21.3 Å². The molecule has 0 saturated heterocycles. The van der Waals surface area contributed by atoms with Gasteiger partial charge in [-0.15, -0.1) is 11.3 Å². The summed E-state index contributed by atoms with van der Waals surface area (Å²) in [6.45, 7) is 3.81. The molecule has 2 nitrogen and oxygen atoms in total. The van der Waals surface area contributed by atoms with Crippen LogP contribution < -0.4 is 5.32 Å². The minimum absolute atomic E-state index is 0.457. The quantitative estimate of drug-likeness (QED) is 0.820. The molecular weight excluding hydrogens is 254 g/mol. The molecular formula is C16H21NOS. The second-order valence-corrected chi connectivity index (χ2v) is 5.59. The van der Waals surface area contributed by atoms with Crippen molar-refractivity contribution < 1.29 is 4.74 Å². The van der Waals surface area contributed by atoms with Gasteiger partial charge in [-0.3, -0.25) is 0 Å². The van der Waals surface area contributed by atoms with Crippen molar-refractivity contribution in [1.29, 1.82) is 0 Å². The highest BCUT2D eigenvalue weighted by molar-refractivity contribution is 7.10. The van der Waals surface area contributed by atoms with Gasteiger partial charge in [0.1, 0.15) is 0 Å². The molecule has 3 heteroatoms. The van der Waals surface area contributed by atoms with Gasteiger partial charge in [0, 0.05) is 24.6 Å². The first kappa shape index (κ1) is 14.3. The SMILES string of the molecule is CCC(NCc1ccc(COC)cc1)c1cccs1. The van der Waals surface area contributed by atoms with E-state index < -0.39 is 0 Å². The van der Waals surface area contributed by atoms with Gasteiger partial charge in [0.25, 0.3) is 0 Å². The van der Waals surface area contributed by atoms with Crippen LogP contribution in [-0.4, -0.2) is 7.11 Å². The number of rotatable bonds is 7. The van der Waals surface area contributed by atoms with Crippen molar-refractivity contribution in [2.24, 2.45) is 0 Å². The minimum atomic E-state index is 0.457. The van der Waals surface area contributed by atoms with E-state index >= 15 is 0 Å². The third-order valence-corrected chi connectivity index (χ3v) is 4.17. The van der Waals surface area contributed by atoms with E-state index in [2.05, 4.69) is 54.0 Å². The first-order valence-corrected chi connectivity index (χ1v) is 7.55. The molecule has 2 rings (SSSR count). The van der Waals surface area contributed by atoms with Crippen molar-refractivity contribution in [3.63, 3.8) is 0 Å². The maximum Gasteiger partial charge on any atom is 0.0713 e. The molecule has 102 valence electrons. The molecule has 1 heterocycles. The summed E-state index contributed by atoms with van der Waals surface area (Å²) in [4.78, 5) is 1.42. The Morgan fingerprint density at radius 1 is 1.16 bits per heavy atom. The molecule has 0 radical (unpaired) electrons. The maximum atomic E-state index is 5.12. The predicted octanol–water partition coefficient (Wildman–Crippen LogP) is 4.14. The van der Waals surface area contributed by atoms with Crippen LogP contribution in [0.3, 0.4) is 0 Å². The molecule has 0 aliphatic carbocycles. The predicted molar refractivity (Wildman–Crippen MR) is 81.3 cm³/mol. The van der Waals surface area contributed by atoms with Crippen LogP contribution in [0.1, 0.15) is 35.4 Å². The molecule has 1 atom stereocenters. The number of hydrogen-bond acceptors (Lipinski definition) is 3. The first-order chi connectivity index (χ1) is 9.33. The smallest absolute Gasteiger partial charge is 0.0713 e. The third kappa shape index (κ3) is 4.16. The van der Waals surface area contributed by atoms with Gasteiger partial charge >= 0.3 is 0 Å². The Morgan fingerprint density at radius 3 is 2.47 bits per heavy atom. The van der Waals surface area contributed by atoms with Gasteiger partial charge < -0.3 is 10.1 Å². The fraction of sp³-hybridized carbons (Fsp3) is 0.375. The number of ether oxygens (including phenoxy) is 1. The summed E-state index contributed by atoms with van der Waals surface area (Å²) in [6.07, 6.45) is 1.11. The standard InChI is InChI=1S/C16H21NOS/c1-3-15(16-5-4-10-19-16)17-11-13-6-8-14(9-7-13)12-18-2/h4-10,15,17H,3,11-12H2,1-2H3. The average molecular weight is 275 g/mol. The molecule has 0 saturated carbocycles. The van der Waals surface area contributed by atoms with Gasteiger partial charge in [-0.05, 0) is 29.0 Å². The van der Waals surface area contributed by atoms with Gasteiger partial charge in [-0.2, -0.15) is 0 Å². The highest BCUT2D eigenvalue weighted by Crippen LogP contribution is 2.22. The second kappa shape index (κ2) is 7.43. The van der Waals surface area contributed by atoms with Crippen molar-refractivity contribution in [2.45, 2.75) is 32.5 Å². The summed E-state index contributed by atoms with van der Waals surface area (Å²) >= 11 is 1.82. The van der Waals surface area contributed by atoms with E-state index in [1.807, 2.05) is 11.3 Å². The summed E-state index contributed by atoms with van der Waals surface area (Å²) < 4.78 is 5.12. The molecule has 1 aromatic heterocycles. The van der Waals surface area contributed by atoms with Crippen molar-refractivity contribution >= 4 is 11.3 Å². The average Bonchev–Trinajstić information content (AvgIpc) is 2.96. The molecule has 0 bridgehead atoms. The summed E-state index contributed by atoms with van der Waals surface area (Å²) in [6, 6.07) is 13.4. The molecule has 0 aliphatic heterocycles. The molecule has 0 aliphatic rings. The zero-order chi connectivity index (χ0) is 13.5. The molecule has 0 fully saturated rings. The summed E-state index contributed by atoms with van der Waals surface area (Å²) in [5, 5.41) is 5.76. The second-order valence-electron chi connectivity index (χ2n) is 4.61. The van der Waals surface area contributed by atoms with Crippen molar-refractivity contribution in [2.75, 3.05) is 7.11 Å². The van der Waals surface area contributed by atoms with Gasteiger partial charge in [0.15, 0.2) is 0 Å². The van der Waals surface area contributed by atoms with Crippen LogP contribution in [0.25, 0.3) is 0 Å². The number of methoxy groups -OCH3 is 1. The number of hydrogen-bond donors (Lipinski definition) is 1. The van der Waals surface area contributed by atoms with Crippen LogP contribution in [0.15, 0.2) is 41.8 Å². The zero-order valence-electron chi connectivity index (χ0n) is 11.6. The molecule has 1 aromatic carbocycles. The molecule has 1 unspecified atom stereocenters. The highest BCUT2D eigenvalue weighted by atomic mass is 32.1. The van der Waals surface area contributed by atoms with E-state index in [4.69, 9.17) is 4.74 Å². The van der Waals surface area contributed by atoms with E-state index in [0.29, 0.717) is 12.6 Å². The minimum Gasteiger partial charge on any atom is -0.380 e. The Hall–Kier alpha value is -1.16. The molecule has 2 aromatic rings. The lowest BCUT2D eigenvalue weighted by Gasteiger charge is -2.15. The summed E-state index contributed by atoms with van der Waals surface area (Å²) in [5.41, 5.74) is 2.53. The van der Waals surface area contributed by atoms with Crippen LogP contribution in [0.4, 0.5) is 0 Å². The van der Waals surface area contributed by atoms with Gasteiger partial charge in [-0.1, -0.05) is 37.3 Å². The summed E-state index contributed by atoms with van der Waals surface area (Å²) in [7, 11) is 1.72. The maximum absolute atomic E-state index is 5.12. The molecule has 0 spiro atoms.